The van der Waals surface area contributed by atoms with Gasteiger partial charge in [-0.2, -0.15) is 0 Å². The van der Waals surface area contributed by atoms with Crippen LogP contribution in [-0.2, 0) is 10.0 Å². The van der Waals surface area contributed by atoms with Crippen molar-refractivity contribution in [2.75, 3.05) is 29.8 Å². The van der Waals surface area contributed by atoms with Crippen molar-refractivity contribution < 1.29 is 23.1 Å². The number of carbonyl (C=O) groups is 1. The standard InChI is InChI=1S/C19H22N2O5S/c1-26-17-10-5-14(19(22)23)13-18(17)27(24,25)20-15-6-8-16(9-7-15)21-11-3-2-4-12-21/h5-10,13,20H,2-4,11-12H2,1H3,(H,22,23). The number of methoxy groups -OCH3 is 1. The Hall–Kier alpha value is -2.74. The summed E-state index contributed by atoms with van der Waals surface area (Å²) in [6.07, 6.45) is 3.56. The van der Waals surface area contributed by atoms with Crippen LogP contribution in [0.5, 0.6) is 5.75 Å². The van der Waals surface area contributed by atoms with Crippen LogP contribution in [0.1, 0.15) is 29.6 Å². The van der Waals surface area contributed by atoms with E-state index in [1.165, 1.54) is 25.7 Å². The molecule has 2 N–H and O–H groups in total. The van der Waals surface area contributed by atoms with Crippen molar-refractivity contribution >= 4 is 27.4 Å². The Morgan fingerprint density at radius 2 is 1.74 bits per heavy atom. The van der Waals surface area contributed by atoms with E-state index in [1.807, 2.05) is 12.1 Å². The van der Waals surface area contributed by atoms with Crippen LogP contribution in [-0.4, -0.2) is 39.7 Å². The lowest BCUT2D eigenvalue weighted by molar-refractivity contribution is 0.0696. The molecule has 0 aromatic heterocycles. The van der Waals surface area contributed by atoms with Crippen molar-refractivity contribution in [3.8, 4) is 5.75 Å². The maximum atomic E-state index is 12.7. The minimum Gasteiger partial charge on any atom is -0.495 e. The Bertz CT molecular complexity index is 920. The molecule has 1 fully saturated rings. The average molecular weight is 390 g/mol. The van der Waals surface area contributed by atoms with Crippen LogP contribution in [0.4, 0.5) is 11.4 Å². The second-order valence-corrected chi connectivity index (χ2v) is 8.02. The van der Waals surface area contributed by atoms with Gasteiger partial charge < -0.3 is 14.7 Å². The number of nitrogens with zero attached hydrogens (tertiary/aromatic N) is 1. The third-order valence-electron chi connectivity index (χ3n) is 4.54. The van der Waals surface area contributed by atoms with Crippen molar-refractivity contribution in [2.45, 2.75) is 24.2 Å². The van der Waals surface area contributed by atoms with Crippen LogP contribution < -0.4 is 14.4 Å². The van der Waals surface area contributed by atoms with Crippen LogP contribution in [0.2, 0.25) is 0 Å². The second-order valence-electron chi connectivity index (χ2n) is 6.37. The summed E-state index contributed by atoms with van der Waals surface area (Å²) in [6, 6.07) is 10.9. The van der Waals surface area contributed by atoms with Gasteiger partial charge in [-0.3, -0.25) is 4.72 Å². The minimum atomic E-state index is -4.00. The van der Waals surface area contributed by atoms with Gasteiger partial charge in [-0.25, -0.2) is 13.2 Å². The zero-order valence-electron chi connectivity index (χ0n) is 15.0. The number of piperidine rings is 1. The van der Waals surface area contributed by atoms with E-state index < -0.39 is 16.0 Å². The zero-order valence-corrected chi connectivity index (χ0v) is 15.8. The molecule has 0 atom stereocenters. The molecule has 1 saturated heterocycles. The fourth-order valence-electron chi connectivity index (χ4n) is 3.12. The van der Waals surface area contributed by atoms with Crippen LogP contribution in [0.25, 0.3) is 0 Å². The Kier molecular flexibility index (Phi) is 5.55. The van der Waals surface area contributed by atoms with Crippen molar-refractivity contribution in [3.63, 3.8) is 0 Å². The molecule has 7 nitrogen and oxygen atoms in total. The molecule has 144 valence electrons. The summed E-state index contributed by atoms with van der Waals surface area (Å²) in [7, 11) is -2.67. The van der Waals surface area contributed by atoms with Crippen LogP contribution in [0.15, 0.2) is 47.4 Å². The predicted octanol–water partition coefficient (Wildman–Crippen LogP) is 3.18. The normalized spacial score (nSPS) is 14.6. The largest absolute Gasteiger partial charge is 0.495 e. The molecule has 0 saturated carbocycles. The van der Waals surface area contributed by atoms with Gasteiger partial charge in [-0.15, -0.1) is 0 Å². The molecular formula is C19H22N2O5S. The Morgan fingerprint density at radius 3 is 2.33 bits per heavy atom. The fourth-order valence-corrected chi connectivity index (χ4v) is 4.38. The minimum absolute atomic E-state index is 0.0810. The smallest absolute Gasteiger partial charge is 0.335 e. The lowest BCUT2D eigenvalue weighted by Gasteiger charge is -2.28. The molecule has 1 aliphatic rings. The molecule has 27 heavy (non-hydrogen) atoms. The highest BCUT2D eigenvalue weighted by molar-refractivity contribution is 7.92. The monoisotopic (exact) mass is 390 g/mol. The van der Waals surface area contributed by atoms with Crippen LogP contribution >= 0.6 is 0 Å². The molecule has 0 radical (unpaired) electrons. The van der Waals surface area contributed by atoms with Gasteiger partial charge in [0.05, 0.1) is 12.7 Å². The van der Waals surface area contributed by atoms with Gasteiger partial charge in [0.15, 0.2) is 0 Å². The molecular weight excluding hydrogens is 368 g/mol. The molecule has 2 aromatic carbocycles. The molecule has 0 spiro atoms. The summed E-state index contributed by atoms with van der Waals surface area (Å²) in [5.41, 5.74) is 1.33. The van der Waals surface area contributed by atoms with E-state index in [0.717, 1.165) is 37.7 Å². The third-order valence-corrected chi connectivity index (χ3v) is 5.94. The Labute approximate surface area is 158 Å². The summed E-state index contributed by atoms with van der Waals surface area (Å²) in [5, 5.41) is 9.12. The number of benzene rings is 2. The van der Waals surface area contributed by atoms with Gasteiger partial charge in [-0.1, -0.05) is 0 Å². The van der Waals surface area contributed by atoms with E-state index in [9.17, 15) is 13.2 Å². The van der Waals surface area contributed by atoms with Gasteiger partial charge in [0.2, 0.25) is 0 Å². The van der Waals surface area contributed by atoms with E-state index in [-0.39, 0.29) is 16.2 Å². The molecule has 0 aliphatic carbocycles. The van der Waals surface area contributed by atoms with Gasteiger partial charge >= 0.3 is 5.97 Å². The molecule has 0 unspecified atom stereocenters. The second kappa shape index (κ2) is 7.87. The maximum Gasteiger partial charge on any atom is 0.335 e. The number of hydrogen-bond acceptors (Lipinski definition) is 5. The van der Waals surface area contributed by atoms with Gasteiger partial charge in [0.25, 0.3) is 10.0 Å². The first-order valence-corrected chi connectivity index (χ1v) is 10.2. The number of aromatic carboxylic acids is 1. The molecule has 3 rings (SSSR count). The predicted molar refractivity (Wildman–Crippen MR) is 103 cm³/mol. The number of carboxylic acid groups (broad SMARTS) is 1. The van der Waals surface area contributed by atoms with E-state index in [1.54, 1.807) is 12.1 Å². The van der Waals surface area contributed by atoms with Gasteiger partial charge in [0.1, 0.15) is 10.6 Å². The molecule has 2 aromatic rings. The molecule has 0 bridgehead atoms. The number of anilines is 2. The van der Waals surface area contributed by atoms with E-state index in [2.05, 4.69) is 9.62 Å². The third kappa shape index (κ3) is 4.33. The molecule has 1 aliphatic heterocycles. The molecule has 0 amide bonds. The SMILES string of the molecule is COc1ccc(C(=O)O)cc1S(=O)(=O)Nc1ccc(N2CCCCC2)cc1. The first-order chi connectivity index (χ1) is 12.9. The number of carboxylic acids is 1. The molecule has 8 heteroatoms. The van der Waals surface area contributed by atoms with E-state index in [0.29, 0.717) is 5.69 Å². The average Bonchev–Trinajstić information content (AvgIpc) is 2.68. The highest BCUT2D eigenvalue weighted by atomic mass is 32.2. The van der Waals surface area contributed by atoms with Crippen molar-refractivity contribution in [1.29, 1.82) is 0 Å². The van der Waals surface area contributed by atoms with E-state index >= 15 is 0 Å². The fraction of sp³-hybridized carbons (Fsp3) is 0.316. The van der Waals surface area contributed by atoms with Gasteiger partial charge in [0, 0.05) is 24.5 Å². The van der Waals surface area contributed by atoms with Gasteiger partial charge in [-0.05, 0) is 61.7 Å². The molecule has 1 heterocycles. The van der Waals surface area contributed by atoms with Crippen molar-refractivity contribution in [3.05, 3.63) is 48.0 Å². The summed E-state index contributed by atoms with van der Waals surface area (Å²) in [6.45, 7) is 2.01. The lowest BCUT2D eigenvalue weighted by Crippen LogP contribution is -2.29. The topological polar surface area (TPSA) is 95.9 Å². The highest BCUT2D eigenvalue weighted by Crippen LogP contribution is 2.28. The summed E-state index contributed by atoms with van der Waals surface area (Å²) >= 11 is 0. The maximum absolute atomic E-state index is 12.7. The number of ether oxygens (including phenoxy) is 1. The van der Waals surface area contributed by atoms with Crippen LogP contribution in [0, 0.1) is 0 Å². The number of sulfonamides is 1. The zero-order chi connectivity index (χ0) is 19.4. The number of nitrogens with one attached hydrogen (secondary N) is 1. The summed E-state index contributed by atoms with van der Waals surface area (Å²) in [5.74, 6) is -1.13. The Morgan fingerprint density at radius 1 is 1.07 bits per heavy atom. The quantitative estimate of drug-likeness (QED) is 0.786. The summed E-state index contributed by atoms with van der Waals surface area (Å²) < 4.78 is 33.1. The number of rotatable bonds is 6. The first kappa shape index (κ1) is 19.0. The first-order valence-electron chi connectivity index (χ1n) is 8.70. The Balaban J connectivity index is 1.84. The lowest BCUT2D eigenvalue weighted by atomic mass is 10.1. The summed E-state index contributed by atoms with van der Waals surface area (Å²) in [4.78, 5) is 13.2. The van der Waals surface area contributed by atoms with Crippen molar-refractivity contribution in [2.24, 2.45) is 0 Å². The van der Waals surface area contributed by atoms with E-state index in [4.69, 9.17) is 9.84 Å². The number of hydrogen-bond donors (Lipinski definition) is 2. The van der Waals surface area contributed by atoms with Crippen molar-refractivity contribution in [1.82, 2.24) is 0 Å². The van der Waals surface area contributed by atoms with Crippen LogP contribution in [0.3, 0.4) is 0 Å². The highest BCUT2D eigenvalue weighted by Gasteiger charge is 2.22.